The van der Waals surface area contributed by atoms with E-state index >= 15 is 0 Å². The zero-order valence-electron chi connectivity index (χ0n) is 10.1. The number of hydrogen-bond acceptors (Lipinski definition) is 5. The highest BCUT2D eigenvalue weighted by Crippen LogP contribution is 2.14. The van der Waals surface area contributed by atoms with E-state index in [4.69, 9.17) is 14.7 Å². The summed E-state index contributed by atoms with van der Waals surface area (Å²) in [6, 6.07) is 3.50. The van der Waals surface area contributed by atoms with Gasteiger partial charge in [0.1, 0.15) is 5.76 Å². The Hall–Kier alpha value is -2.05. The Morgan fingerprint density at radius 3 is 2.89 bits per heavy atom. The molecular weight excluding hydrogens is 234 g/mol. The monoisotopic (exact) mass is 249 g/mol. The predicted octanol–water partition coefficient (Wildman–Crippen LogP) is 1.11. The Morgan fingerprint density at radius 1 is 1.39 bits per heavy atom. The topological polar surface area (TPSA) is 84.6 Å². The van der Waals surface area contributed by atoms with Gasteiger partial charge in [0.25, 0.3) is 5.91 Å². The fourth-order valence-electron chi connectivity index (χ4n) is 1.74. The molecule has 2 heterocycles. The van der Waals surface area contributed by atoms with E-state index in [1.54, 1.807) is 18.6 Å². The Bertz CT molecular complexity index is 504. The molecule has 0 unspecified atom stereocenters. The van der Waals surface area contributed by atoms with Crippen LogP contribution >= 0.6 is 0 Å². The van der Waals surface area contributed by atoms with Crippen LogP contribution in [-0.4, -0.2) is 17.9 Å². The van der Waals surface area contributed by atoms with Gasteiger partial charge in [0.15, 0.2) is 0 Å². The van der Waals surface area contributed by atoms with Gasteiger partial charge in [0.2, 0.25) is 0 Å². The highest BCUT2D eigenvalue weighted by atomic mass is 16.3. The molecule has 6 nitrogen and oxygen atoms in total. The van der Waals surface area contributed by atoms with Crippen LogP contribution in [0.3, 0.4) is 0 Å². The number of rotatable bonds is 5. The molecule has 0 aromatic carbocycles. The van der Waals surface area contributed by atoms with Gasteiger partial charge in [-0.1, -0.05) is 0 Å². The fraction of sp³-hybridized carbons (Fsp3) is 0.250. The average Bonchev–Trinajstić information content (AvgIpc) is 2.99. The van der Waals surface area contributed by atoms with Crippen LogP contribution in [0.5, 0.6) is 0 Å². The van der Waals surface area contributed by atoms with Crippen LogP contribution < -0.4 is 11.3 Å². The summed E-state index contributed by atoms with van der Waals surface area (Å²) >= 11 is 0. The third-order valence-electron chi connectivity index (χ3n) is 2.57. The molecule has 96 valence electrons. The molecule has 0 bridgehead atoms. The first-order valence-electron chi connectivity index (χ1n) is 5.47. The molecule has 1 amide bonds. The second-order valence-corrected chi connectivity index (χ2v) is 4.03. The summed E-state index contributed by atoms with van der Waals surface area (Å²) in [6.45, 7) is 1.22. The van der Waals surface area contributed by atoms with Gasteiger partial charge in [-0.3, -0.25) is 15.1 Å². The Labute approximate surface area is 104 Å². The lowest BCUT2D eigenvalue weighted by Gasteiger charge is -2.14. The van der Waals surface area contributed by atoms with Crippen LogP contribution in [0, 0.1) is 0 Å². The molecule has 0 radical (unpaired) electrons. The minimum Gasteiger partial charge on any atom is -0.472 e. The Kier molecular flexibility index (Phi) is 3.81. The van der Waals surface area contributed by atoms with Crippen molar-refractivity contribution in [2.24, 2.45) is 5.84 Å². The molecule has 18 heavy (non-hydrogen) atoms. The maximum absolute atomic E-state index is 11.5. The number of nitrogens with one attached hydrogen (secondary N) is 1. The van der Waals surface area contributed by atoms with Crippen molar-refractivity contribution in [3.05, 3.63) is 47.8 Å². The van der Waals surface area contributed by atoms with E-state index in [0.717, 1.165) is 5.56 Å². The van der Waals surface area contributed by atoms with E-state index in [0.29, 0.717) is 24.4 Å². The second kappa shape index (κ2) is 5.52. The molecule has 0 aliphatic heterocycles. The van der Waals surface area contributed by atoms with Crippen LogP contribution in [0.15, 0.2) is 39.8 Å². The number of nitrogen functional groups attached to an aromatic ring is 1. The maximum atomic E-state index is 11.5. The molecule has 2 rings (SSSR count). The molecular formula is C12H15N3O3. The molecule has 2 aromatic rings. The lowest BCUT2D eigenvalue weighted by Crippen LogP contribution is -2.31. The third-order valence-corrected chi connectivity index (χ3v) is 2.57. The Balaban J connectivity index is 2.01. The van der Waals surface area contributed by atoms with Gasteiger partial charge in [0.05, 0.1) is 30.9 Å². The zero-order valence-corrected chi connectivity index (χ0v) is 10.1. The van der Waals surface area contributed by atoms with Crippen molar-refractivity contribution in [2.75, 3.05) is 7.05 Å². The van der Waals surface area contributed by atoms with Crippen LogP contribution in [0.4, 0.5) is 0 Å². The molecule has 0 saturated heterocycles. The summed E-state index contributed by atoms with van der Waals surface area (Å²) in [6.07, 6.45) is 4.79. The maximum Gasteiger partial charge on any atom is 0.268 e. The normalized spacial score (nSPS) is 10.8. The summed E-state index contributed by atoms with van der Waals surface area (Å²) < 4.78 is 10.3. The quantitative estimate of drug-likeness (QED) is 0.471. The number of amides is 1. The number of furan rings is 2. The lowest BCUT2D eigenvalue weighted by atomic mass is 10.2. The highest BCUT2D eigenvalue weighted by molar-refractivity contribution is 5.94. The van der Waals surface area contributed by atoms with Crippen molar-refractivity contribution in [3.63, 3.8) is 0 Å². The van der Waals surface area contributed by atoms with Crippen LogP contribution in [-0.2, 0) is 13.1 Å². The third kappa shape index (κ3) is 2.79. The van der Waals surface area contributed by atoms with Crippen LogP contribution in [0.2, 0.25) is 0 Å². The largest absolute Gasteiger partial charge is 0.472 e. The summed E-state index contributed by atoms with van der Waals surface area (Å²) in [5.74, 6) is 5.34. The Morgan fingerprint density at radius 2 is 2.22 bits per heavy atom. The van der Waals surface area contributed by atoms with Gasteiger partial charge in [-0.2, -0.15) is 0 Å². The predicted molar refractivity (Wildman–Crippen MR) is 64.2 cm³/mol. The first kappa shape index (κ1) is 12.4. The molecule has 0 saturated carbocycles. The molecule has 3 N–H and O–H groups in total. The molecule has 0 atom stereocenters. The average molecular weight is 249 g/mol. The van der Waals surface area contributed by atoms with Crippen LogP contribution in [0.25, 0.3) is 0 Å². The van der Waals surface area contributed by atoms with Crippen molar-refractivity contribution in [1.82, 2.24) is 10.3 Å². The van der Waals surface area contributed by atoms with E-state index in [1.807, 2.05) is 18.0 Å². The number of hydrazine groups is 1. The lowest BCUT2D eigenvalue weighted by molar-refractivity contribution is 0.0950. The number of nitrogens with two attached hydrogens (primary N) is 1. The number of carbonyl (C=O) groups excluding carboxylic acids is 1. The van der Waals surface area contributed by atoms with Crippen molar-refractivity contribution < 1.29 is 13.6 Å². The SMILES string of the molecule is CN(Cc1ccoc1)Cc1occc1C(=O)NN. The van der Waals surface area contributed by atoms with E-state index in [1.165, 1.54) is 6.26 Å². The van der Waals surface area contributed by atoms with Crippen molar-refractivity contribution >= 4 is 5.91 Å². The summed E-state index contributed by atoms with van der Waals surface area (Å²) in [5, 5.41) is 0. The van der Waals surface area contributed by atoms with Crippen molar-refractivity contribution in [2.45, 2.75) is 13.1 Å². The van der Waals surface area contributed by atoms with Gasteiger partial charge >= 0.3 is 0 Å². The minimum atomic E-state index is -0.351. The van der Waals surface area contributed by atoms with Crippen LogP contribution in [0.1, 0.15) is 21.7 Å². The molecule has 6 heteroatoms. The smallest absolute Gasteiger partial charge is 0.268 e. The number of carbonyl (C=O) groups is 1. The standard InChI is InChI=1S/C12H15N3O3/c1-15(6-9-2-4-17-8-9)7-11-10(3-5-18-11)12(16)14-13/h2-5,8H,6-7,13H2,1H3,(H,14,16). The van der Waals surface area contributed by atoms with Gasteiger partial charge < -0.3 is 8.83 Å². The van der Waals surface area contributed by atoms with Gasteiger partial charge in [0, 0.05) is 12.1 Å². The summed E-state index contributed by atoms with van der Waals surface area (Å²) in [5.41, 5.74) is 3.61. The first-order valence-corrected chi connectivity index (χ1v) is 5.47. The summed E-state index contributed by atoms with van der Waals surface area (Å²) in [7, 11) is 1.93. The van der Waals surface area contributed by atoms with E-state index in [9.17, 15) is 4.79 Å². The van der Waals surface area contributed by atoms with Gasteiger partial charge in [-0.25, -0.2) is 5.84 Å². The number of nitrogens with zero attached hydrogens (tertiary/aromatic N) is 1. The van der Waals surface area contributed by atoms with Gasteiger partial charge in [-0.15, -0.1) is 0 Å². The fourth-order valence-corrected chi connectivity index (χ4v) is 1.74. The molecule has 2 aromatic heterocycles. The van der Waals surface area contributed by atoms with Gasteiger partial charge in [-0.05, 0) is 19.2 Å². The summed E-state index contributed by atoms with van der Waals surface area (Å²) in [4.78, 5) is 13.5. The first-order chi connectivity index (χ1) is 8.70. The van der Waals surface area contributed by atoms with E-state index in [-0.39, 0.29) is 5.91 Å². The molecule has 0 aliphatic carbocycles. The highest BCUT2D eigenvalue weighted by Gasteiger charge is 2.15. The van der Waals surface area contributed by atoms with E-state index < -0.39 is 0 Å². The van der Waals surface area contributed by atoms with Crippen molar-refractivity contribution in [3.8, 4) is 0 Å². The molecule has 0 fully saturated rings. The van der Waals surface area contributed by atoms with E-state index in [2.05, 4.69) is 5.43 Å². The van der Waals surface area contributed by atoms with Crippen molar-refractivity contribution in [1.29, 1.82) is 0 Å². The number of hydrogen-bond donors (Lipinski definition) is 2. The second-order valence-electron chi connectivity index (χ2n) is 4.03. The molecule has 0 spiro atoms. The minimum absolute atomic E-state index is 0.351. The zero-order chi connectivity index (χ0) is 13.0. The molecule has 0 aliphatic rings.